The highest BCUT2D eigenvalue weighted by molar-refractivity contribution is 7.78. The fraction of sp³-hybridized carbons (Fsp3) is 0.667. The summed E-state index contributed by atoms with van der Waals surface area (Å²) in [5, 5.41) is 8.57. The first kappa shape index (κ1) is 8.26. The molecular weight excluding hydrogens is 164 g/mol. The lowest BCUT2D eigenvalue weighted by molar-refractivity contribution is 0.126. The average Bonchev–Trinajstić information content (AvgIpc) is 2.05. The Morgan fingerprint density at radius 3 is 2.27 bits per heavy atom. The van der Waals surface area contributed by atoms with Gasteiger partial charge in [-0.1, -0.05) is 12.2 Å². The van der Waals surface area contributed by atoms with E-state index in [-0.39, 0.29) is 0 Å². The summed E-state index contributed by atoms with van der Waals surface area (Å²) in [6, 6.07) is 0. The molecule has 0 radical (unpaired) electrons. The van der Waals surface area contributed by atoms with Crippen molar-refractivity contribution >= 4 is 23.8 Å². The molecule has 1 amide bonds. The molecule has 0 aromatic carbocycles. The third kappa shape index (κ3) is 2.04. The number of thiocarbonyl (C=S) groups is 1. The van der Waals surface area contributed by atoms with Crippen molar-refractivity contribution in [3.63, 3.8) is 0 Å². The molecule has 0 aliphatic carbocycles. The third-order valence-corrected chi connectivity index (χ3v) is 2.03. The Hall–Kier alpha value is -0.840. The van der Waals surface area contributed by atoms with Gasteiger partial charge in [-0.2, -0.15) is 0 Å². The van der Waals surface area contributed by atoms with Gasteiger partial charge in [0.25, 0.3) is 0 Å². The van der Waals surface area contributed by atoms with E-state index >= 15 is 0 Å². The highest BCUT2D eigenvalue weighted by Crippen LogP contribution is 1.99. The Balaban J connectivity index is 2.35. The van der Waals surface area contributed by atoms with E-state index in [0.29, 0.717) is 13.1 Å². The number of carbonyl (C=O) groups is 1. The van der Waals surface area contributed by atoms with Gasteiger partial charge in [0.1, 0.15) is 0 Å². The second kappa shape index (κ2) is 3.52. The quantitative estimate of drug-likeness (QED) is 0.578. The highest BCUT2D eigenvalue weighted by Gasteiger charge is 2.17. The van der Waals surface area contributed by atoms with E-state index in [2.05, 4.69) is 0 Å². The van der Waals surface area contributed by atoms with Gasteiger partial charge in [-0.3, -0.25) is 0 Å². The molecule has 62 valence electrons. The second-order valence-corrected chi connectivity index (χ2v) is 2.62. The number of nitrogens with zero attached hydrogens (tertiary/aromatic N) is 2. The minimum Gasteiger partial charge on any atom is -0.465 e. The Morgan fingerprint density at radius 1 is 1.36 bits per heavy atom. The van der Waals surface area contributed by atoms with Gasteiger partial charge in [0, 0.05) is 26.2 Å². The molecule has 0 unspecified atom stereocenters. The molecule has 1 rings (SSSR count). The van der Waals surface area contributed by atoms with Crippen LogP contribution in [-0.2, 0) is 0 Å². The summed E-state index contributed by atoms with van der Waals surface area (Å²) in [6.45, 7) is 2.55. The first-order valence-electron chi connectivity index (χ1n) is 3.41. The van der Waals surface area contributed by atoms with Crippen molar-refractivity contribution in [3.8, 4) is 0 Å². The van der Waals surface area contributed by atoms with Crippen LogP contribution in [0, 0.1) is 0 Å². The van der Waals surface area contributed by atoms with Gasteiger partial charge in [-0.15, -0.1) is 0 Å². The van der Waals surface area contributed by atoms with Crippen molar-refractivity contribution in [3.05, 3.63) is 0 Å². The van der Waals surface area contributed by atoms with Gasteiger partial charge in [-0.05, 0) is 0 Å². The molecule has 1 aliphatic heterocycles. The van der Waals surface area contributed by atoms with E-state index < -0.39 is 6.09 Å². The van der Waals surface area contributed by atoms with Crippen molar-refractivity contribution in [2.24, 2.45) is 0 Å². The lowest BCUT2D eigenvalue weighted by Gasteiger charge is -2.31. The van der Waals surface area contributed by atoms with Crippen LogP contribution in [0.3, 0.4) is 0 Å². The van der Waals surface area contributed by atoms with Crippen LogP contribution in [0.1, 0.15) is 0 Å². The van der Waals surface area contributed by atoms with Crippen LogP contribution >= 0.6 is 12.2 Å². The maximum Gasteiger partial charge on any atom is 0.407 e. The smallest absolute Gasteiger partial charge is 0.407 e. The van der Waals surface area contributed by atoms with E-state index in [4.69, 9.17) is 17.3 Å². The lowest BCUT2D eigenvalue weighted by Crippen LogP contribution is -2.47. The molecule has 0 bridgehead atoms. The maximum absolute atomic E-state index is 10.4. The summed E-state index contributed by atoms with van der Waals surface area (Å²) < 4.78 is 0. The summed E-state index contributed by atoms with van der Waals surface area (Å²) in [7, 11) is 0. The normalized spacial score (nSPS) is 18.2. The summed E-state index contributed by atoms with van der Waals surface area (Å²) in [4.78, 5) is 13.8. The van der Waals surface area contributed by atoms with Crippen molar-refractivity contribution in [1.82, 2.24) is 9.80 Å². The molecule has 11 heavy (non-hydrogen) atoms. The number of hydrogen-bond donors (Lipinski definition) is 1. The topological polar surface area (TPSA) is 43.8 Å². The Bertz CT molecular complexity index is 166. The van der Waals surface area contributed by atoms with Gasteiger partial charge in [0.05, 0.1) is 5.49 Å². The minimum absolute atomic E-state index is 0.558. The third-order valence-electron chi connectivity index (χ3n) is 1.73. The summed E-state index contributed by atoms with van der Waals surface area (Å²) in [5.41, 5.74) is 1.58. The zero-order chi connectivity index (χ0) is 8.27. The largest absolute Gasteiger partial charge is 0.465 e. The van der Waals surface area contributed by atoms with Crippen molar-refractivity contribution in [2.75, 3.05) is 26.2 Å². The van der Waals surface area contributed by atoms with E-state index in [1.54, 1.807) is 5.49 Å². The molecule has 4 nitrogen and oxygen atoms in total. The number of carboxylic acid groups (broad SMARTS) is 1. The molecule has 0 atom stereocenters. The Morgan fingerprint density at radius 2 is 1.91 bits per heavy atom. The zero-order valence-electron chi connectivity index (χ0n) is 6.06. The number of hydrogen-bond acceptors (Lipinski definition) is 2. The molecule has 1 N–H and O–H groups in total. The predicted molar refractivity (Wildman–Crippen MR) is 44.8 cm³/mol. The number of amides is 1. The van der Waals surface area contributed by atoms with Crippen LogP contribution < -0.4 is 0 Å². The summed E-state index contributed by atoms with van der Waals surface area (Å²) in [6.07, 6.45) is -0.839. The minimum atomic E-state index is -0.839. The van der Waals surface area contributed by atoms with Gasteiger partial charge >= 0.3 is 6.09 Å². The summed E-state index contributed by atoms with van der Waals surface area (Å²) >= 11 is 4.71. The van der Waals surface area contributed by atoms with Gasteiger partial charge < -0.3 is 14.9 Å². The van der Waals surface area contributed by atoms with Gasteiger partial charge in [0.2, 0.25) is 0 Å². The standard InChI is InChI=1S/C6H10N2O2S/c9-6(10)8-3-1-7(5-11)2-4-8/h5H,1-4H2,(H,9,10). The van der Waals surface area contributed by atoms with Crippen LogP contribution in [0.4, 0.5) is 4.79 Å². The molecular formula is C6H10N2O2S. The zero-order valence-corrected chi connectivity index (χ0v) is 6.88. The van der Waals surface area contributed by atoms with Gasteiger partial charge in [0.15, 0.2) is 0 Å². The summed E-state index contributed by atoms with van der Waals surface area (Å²) in [5.74, 6) is 0. The molecule has 0 spiro atoms. The molecule has 5 heteroatoms. The van der Waals surface area contributed by atoms with Crippen LogP contribution in [0.2, 0.25) is 0 Å². The van der Waals surface area contributed by atoms with Crippen molar-refractivity contribution in [2.45, 2.75) is 0 Å². The van der Waals surface area contributed by atoms with Crippen molar-refractivity contribution in [1.29, 1.82) is 0 Å². The molecule has 1 saturated heterocycles. The SMILES string of the molecule is O=C(O)N1CCN(C=S)CC1. The van der Waals surface area contributed by atoms with Crippen LogP contribution in [0.25, 0.3) is 0 Å². The van der Waals surface area contributed by atoms with Crippen LogP contribution in [0.15, 0.2) is 0 Å². The Labute approximate surface area is 70.4 Å². The fourth-order valence-corrected chi connectivity index (χ4v) is 1.23. The van der Waals surface area contributed by atoms with E-state index in [1.165, 1.54) is 4.90 Å². The van der Waals surface area contributed by atoms with E-state index in [0.717, 1.165) is 13.1 Å². The molecule has 1 fully saturated rings. The molecule has 1 aliphatic rings. The van der Waals surface area contributed by atoms with Crippen LogP contribution in [0.5, 0.6) is 0 Å². The second-order valence-electron chi connectivity index (χ2n) is 2.41. The maximum atomic E-state index is 10.4. The Kier molecular flexibility index (Phi) is 2.64. The number of rotatable bonds is 1. The predicted octanol–water partition coefficient (Wildman–Crippen LogP) is 0.239. The van der Waals surface area contributed by atoms with Gasteiger partial charge in [-0.25, -0.2) is 4.79 Å². The monoisotopic (exact) mass is 174 g/mol. The van der Waals surface area contributed by atoms with Crippen LogP contribution in [-0.4, -0.2) is 52.7 Å². The molecule has 1 heterocycles. The van der Waals surface area contributed by atoms with Crippen molar-refractivity contribution < 1.29 is 9.90 Å². The van der Waals surface area contributed by atoms with E-state index in [1.807, 2.05) is 4.90 Å². The average molecular weight is 174 g/mol. The molecule has 0 aromatic rings. The lowest BCUT2D eigenvalue weighted by atomic mass is 10.3. The first-order valence-corrected chi connectivity index (χ1v) is 3.88. The fourth-order valence-electron chi connectivity index (χ4n) is 1.02. The molecule has 0 aromatic heterocycles. The number of piperazine rings is 1. The molecule has 0 saturated carbocycles. The van der Waals surface area contributed by atoms with E-state index in [9.17, 15) is 4.79 Å². The first-order chi connectivity index (χ1) is 5.24. The highest BCUT2D eigenvalue weighted by atomic mass is 32.1.